The third kappa shape index (κ3) is 1.15. The molecule has 0 aromatic rings. The smallest absolute Gasteiger partial charge is 0.309 e. The summed E-state index contributed by atoms with van der Waals surface area (Å²) in [6.45, 7) is 5.88. The lowest BCUT2D eigenvalue weighted by atomic mass is 9.83. The Kier molecular flexibility index (Phi) is 1.91. The summed E-state index contributed by atoms with van der Waals surface area (Å²) in [5.74, 6) is 0.150. The number of ether oxygens (including phenoxy) is 2. The van der Waals surface area contributed by atoms with Crippen molar-refractivity contribution < 1.29 is 19.1 Å². The van der Waals surface area contributed by atoms with Gasteiger partial charge in [0.2, 0.25) is 0 Å². The molecule has 1 spiro atoms. The van der Waals surface area contributed by atoms with E-state index in [4.69, 9.17) is 9.47 Å². The Hall–Kier alpha value is -1.16. The van der Waals surface area contributed by atoms with Crippen molar-refractivity contribution in [3.8, 4) is 0 Å². The predicted octanol–water partition coefficient (Wildman–Crippen LogP) is 1.77. The molecule has 4 heteroatoms. The fraction of sp³-hybridized carbons (Fsp3) is 0.733. The summed E-state index contributed by atoms with van der Waals surface area (Å²) in [6, 6.07) is 0. The molecule has 0 unspecified atom stereocenters. The zero-order chi connectivity index (χ0) is 13.6. The number of fused-ring (bicyclic) bond motifs is 2. The van der Waals surface area contributed by atoms with E-state index in [0.29, 0.717) is 6.42 Å². The molecule has 5 atom stereocenters. The van der Waals surface area contributed by atoms with Crippen molar-refractivity contribution >= 4 is 11.8 Å². The third-order valence-electron chi connectivity index (χ3n) is 5.76. The van der Waals surface area contributed by atoms with E-state index in [2.05, 4.69) is 6.92 Å². The van der Waals surface area contributed by atoms with Gasteiger partial charge in [-0.15, -0.1) is 0 Å². The second-order valence-corrected chi connectivity index (χ2v) is 6.65. The number of epoxide rings is 1. The van der Waals surface area contributed by atoms with E-state index in [1.165, 1.54) is 0 Å². The van der Waals surface area contributed by atoms with E-state index in [1.54, 1.807) is 0 Å². The van der Waals surface area contributed by atoms with Crippen molar-refractivity contribution in [2.75, 3.05) is 0 Å². The Morgan fingerprint density at radius 1 is 1.32 bits per heavy atom. The van der Waals surface area contributed by atoms with Gasteiger partial charge in [0.1, 0.15) is 17.3 Å². The summed E-state index contributed by atoms with van der Waals surface area (Å²) in [5.41, 5.74) is 1.05. The van der Waals surface area contributed by atoms with Crippen molar-refractivity contribution in [2.24, 2.45) is 11.8 Å². The van der Waals surface area contributed by atoms with E-state index < -0.39 is 5.60 Å². The molecule has 0 amide bonds. The number of allylic oxidation sites excluding steroid dienone is 1. The first kappa shape index (κ1) is 11.6. The fourth-order valence-corrected chi connectivity index (χ4v) is 4.40. The quantitative estimate of drug-likeness (QED) is 0.493. The Balaban J connectivity index is 1.87. The Morgan fingerprint density at radius 2 is 2.05 bits per heavy atom. The maximum atomic E-state index is 12.1. The van der Waals surface area contributed by atoms with E-state index in [-0.39, 0.29) is 35.3 Å². The molecule has 1 saturated carbocycles. The molecule has 19 heavy (non-hydrogen) atoms. The molecule has 2 saturated heterocycles. The number of esters is 1. The number of carbonyl (C=O) groups is 2. The van der Waals surface area contributed by atoms with Crippen molar-refractivity contribution in [2.45, 2.75) is 57.3 Å². The highest BCUT2D eigenvalue weighted by Gasteiger charge is 2.75. The maximum absolute atomic E-state index is 12.1. The molecular formula is C15H18O4. The van der Waals surface area contributed by atoms with Crippen LogP contribution in [0.2, 0.25) is 0 Å². The third-order valence-corrected chi connectivity index (χ3v) is 5.76. The summed E-state index contributed by atoms with van der Waals surface area (Å²) in [4.78, 5) is 24.0. The van der Waals surface area contributed by atoms with Crippen LogP contribution in [0.25, 0.3) is 0 Å². The average molecular weight is 262 g/mol. The van der Waals surface area contributed by atoms with E-state index in [1.807, 2.05) is 13.8 Å². The largest absolute Gasteiger partial charge is 0.457 e. The molecule has 2 aliphatic heterocycles. The minimum atomic E-state index is -0.460. The minimum absolute atomic E-state index is 0.0702. The van der Waals surface area contributed by atoms with Gasteiger partial charge in [-0.2, -0.15) is 0 Å². The van der Waals surface area contributed by atoms with E-state index >= 15 is 0 Å². The zero-order valence-electron chi connectivity index (χ0n) is 11.5. The van der Waals surface area contributed by atoms with Gasteiger partial charge in [-0.1, -0.05) is 6.92 Å². The number of carbonyl (C=O) groups excluding carboxylic acids is 2. The summed E-state index contributed by atoms with van der Waals surface area (Å²) in [7, 11) is 0. The summed E-state index contributed by atoms with van der Waals surface area (Å²) < 4.78 is 11.6. The van der Waals surface area contributed by atoms with Gasteiger partial charge in [0, 0.05) is 17.9 Å². The van der Waals surface area contributed by atoms with Crippen molar-refractivity contribution in [3.63, 3.8) is 0 Å². The first-order valence-electron chi connectivity index (χ1n) is 7.05. The van der Waals surface area contributed by atoms with E-state index in [9.17, 15) is 9.59 Å². The molecule has 102 valence electrons. The van der Waals surface area contributed by atoms with Crippen LogP contribution in [0.4, 0.5) is 0 Å². The van der Waals surface area contributed by atoms with Crippen LogP contribution < -0.4 is 0 Å². The topological polar surface area (TPSA) is 55.9 Å². The van der Waals surface area contributed by atoms with Gasteiger partial charge >= 0.3 is 5.97 Å². The predicted molar refractivity (Wildman–Crippen MR) is 66.3 cm³/mol. The highest BCUT2D eigenvalue weighted by molar-refractivity contribution is 6.01. The molecule has 4 aliphatic rings. The first-order chi connectivity index (χ1) is 8.90. The van der Waals surface area contributed by atoms with Gasteiger partial charge in [-0.05, 0) is 32.3 Å². The molecule has 0 bridgehead atoms. The number of ketones is 1. The van der Waals surface area contributed by atoms with Crippen molar-refractivity contribution in [3.05, 3.63) is 11.1 Å². The highest BCUT2D eigenvalue weighted by atomic mass is 16.6. The van der Waals surface area contributed by atoms with Crippen molar-refractivity contribution in [1.29, 1.82) is 0 Å². The molecule has 0 aromatic carbocycles. The van der Waals surface area contributed by atoms with Crippen LogP contribution in [0.15, 0.2) is 11.1 Å². The lowest BCUT2D eigenvalue weighted by molar-refractivity contribution is -0.143. The van der Waals surface area contributed by atoms with Gasteiger partial charge in [0.25, 0.3) is 0 Å². The van der Waals surface area contributed by atoms with Crippen molar-refractivity contribution in [1.82, 2.24) is 0 Å². The van der Waals surface area contributed by atoms with Crippen LogP contribution in [0.1, 0.15) is 40.0 Å². The average Bonchev–Trinajstić information content (AvgIpc) is 2.72. The maximum Gasteiger partial charge on any atom is 0.309 e. The second kappa shape index (κ2) is 3.11. The van der Waals surface area contributed by atoms with E-state index in [0.717, 1.165) is 24.0 Å². The number of hydrogen-bond donors (Lipinski definition) is 0. The number of Topliss-reactive ketones (excluding diaryl/α,β-unsaturated/α-hetero) is 1. The van der Waals surface area contributed by atoms with Crippen LogP contribution in [0, 0.1) is 11.8 Å². The molecule has 4 rings (SSSR count). The number of rotatable bonds is 0. The molecular weight excluding hydrogens is 244 g/mol. The first-order valence-corrected chi connectivity index (χ1v) is 7.05. The SMILES string of the molecule is CC1=C2[C@H]3OC(=O)[C@@H](C)[C@@H]3CC[C@]3(C)O[C@]23CC1=O. The molecule has 2 aliphatic carbocycles. The lowest BCUT2D eigenvalue weighted by Gasteiger charge is -2.21. The second-order valence-electron chi connectivity index (χ2n) is 6.65. The molecule has 2 heterocycles. The number of hydrogen-bond acceptors (Lipinski definition) is 4. The Bertz CT molecular complexity index is 548. The zero-order valence-corrected chi connectivity index (χ0v) is 11.5. The molecule has 0 radical (unpaired) electrons. The van der Waals surface area contributed by atoms with Gasteiger partial charge in [0.15, 0.2) is 5.78 Å². The summed E-state index contributed by atoms with van der Waals surface area (Å²) >= 11 is 0. The minimum Gasteiger partial charge on any atom is -0.457 e. The van der Waals surface area contributed by atoms with Crippen LogP contribution >= 0.6 is 0 Å². The molecule has 0 aromatic heterocycles. The van der Waals surface area contributed by atoms with Gasteiger partial charge in [0.05, 0.1) is 5.92 Å². The fourth-order valence-electron chi connectivity index (χ4n) is 4.40. The van der Waals surface area contributed by atoms with Crippen LogP contribution in [0.3, 0.4) is 0 Å². The monoisotopic (exact) mass is 262 g/mol. The van der Waals surface area contributed by atoms with Gasteiger partial charge in [-0.25, -0.2) is 0 Å². The summed E-state index contributed by atoms with van der Waals surface area (Å²) in [5, 5.41) is 0. The Labute approximate surface area is 112 Å². The van der Waals surface area contributed by atoms with Gasteiger partial charge < -0.3 is 9.47 Å². The summed E-state index contributed by atoms with van der Waals surface area (Å²) in [6.07, 6.45) is 2.03. The standard InChI is InChI=1S/C15H18O4/c1-7-9-4-5-14(3)15(19-14)6-10(16)8(2)11(15)12(9)18-13(7)17/h7,9,12H,4-6H2,1-3H3/t7-,9-,12-,14-,15+/m0/s1. The van der Waals surface area contributed by atoms with Crippen LogP contribution in [-0.2, 0) is 19.1 Å². The molecule has 4 nitrogen and oxygen atoms in total. The molecule has 0 N–H and O–H groups in total. The lowest BCUT2D eigenvalue weighted by Crippen LogP contribution is -2.29. The Morgan fingerprint density at radius 3 is 2.79 bits per heavy atom. The highest BCUT2D eigenvalue weighted by Crippen LogP contribution is 2.66. The van der Waals surface area contributed by atoms with Crippen LogP contribution in [-0.4, -0.2) is 29.1 Å². The van der Waals surface area contributed by atoms with Crippen LogP contribution in [0.5, 0.6) is 0 Å². The van der Waals surface area contributed by atoms with Gasteiger partial charge in [-0.3, -0.25) is 9.59 Å². The normalized spacial score (nSPS) is 51.4. The molecule has 3 fully saturated rings.